The second kappa shape index (κ2) is 10.1. The molecular formula is C26H25F3N2O5S. The van der Waals surface area contributed by atoms with Gasteiger partial charge in [0.1, 0.15) is 11.5 Å². The third-order valence-electron chi connectivity index (χ3n) is 6.55. The summed E-state index contributed by atoms with van der Waals surface area (Å²) in [7, 11) is -4.24. The van der Waals surface area contributed by atoms with Crippen LogP contribution in [0.5, 0.6) is 11.5 Å². The predicted octanol–water partition coefficient (Wildman–Crippen LogP) is 5.12. The Morgan fingerprint density at radius 1 is 0.919 bits per heavy atom. The van der Waals surface area contributed by atoms with Crippen molar-refractivity contribution in [2.24, 2.45) is 0 Å². The molecule has 7 nitrogen and oxygen atoms in total. The zero-order valence-corrected chi connectivity index (χ0v) is 20.6. The molecule has 0 atom stereocenters. The molecule has 0 radical (unpaired) electrons. The highest BCUT2D eigenvalue weighted by molar-refractivity contribution is 7.93. The summed E-state index contributed by atoms with van der Waals surface area (Å²) in [5.74, 6) is -0.655. The minimum Gasteiger partial charge on any atom is -0.457 e. The highest BCUT2D eigenvalue weighted by Gasteiger charge is 2.53. The van der Waals surface area contributed by atoms with E-state index in [-0.39, 0.29) is 42.3 Å². The number of nitrogens with one attached hydrogen (secondary N) is 1. The number of piperidine rings is 1. The van der Waals surface area contributed by atoms with Crippen LogP contribution in [0.1, 0.15) is 24.0 Å². The summed E-state index contributed by atoms with van der Waals surface area (Å²) in [6, 6.07) is 17.1. The lowest BCUT2D eigenvalue weighted by atomic mass is 9.94. The quantitative estimate of drug-likeness (QED) is 0.337. The van der Waals surface area contributed by atoms with Crippen LogP contribution in [-0.2, 0) is 20.8 Å². The van der Waals surface area contributed by atoms with Gasteiger partial charge in [-0.3, -0.25) is 10.0 Å². The van der Waals surface area contributed by atoms with Gasteiger partial charge >= 0.3 is 6.18 Å². The molecule has 0 aliphatic carbocycles. The van der Waals surface area contributed by atoms with Gasteiger partial charge in [-0.05, 0) is 80.4 Å². The van der Waals surface area contributed by atoms with Crippen LogP contribution < -0.4 is 15.1 Å². The van der Waals surface area contributed by atoms with Gasteiger partial charge in [-0.2, -0.15) is 13.2 Å². The molecule has 0 aromatic heterocycles. The lowest BCUT2D eigenvalue weighted by Crippen LogP contribution is -2.57. The van der Waals surface area contributed by atoms with Gasteiger partial charge in [0, 0.05) is 18.8 Å². The van der Waals surface area contributed by atoms with Crippen molar-refractivity contribution in [1.29, 1.82) is 0 Å². The van der Waals surface area contributed by atoms with Gasteiger partial charge < -0.3 is 9.64 Å². The molecule has 2 N–H and O–H groups in total. The van der Waals surface area contributed by atoms with Gasteiger partial charge in [-0.1, -0.05) is 17.7 Å². The average molecular weight is 535 g/mol. The fourth-order valence-corrected chi connectivity index (χ4v) is 6.32. The number of amides is 1. The van der Waals surface area contributed by atoms with Crippen LogP contribution >= 0.6 is 0 Å². The highest BCUT2D eigenvalue weighted by Crippen LogP contribution is 2.38. The number of rotatable bonds is 6. The number of nitrogens with zero attached hydrogens (tertiary/aromatic N) is 1. The first-order valence-electron chi connectivity index (χ1n) is 11.4. The number of benzene rings is 3. The first kappa shape index (κ1) is 26.5. The molecule has 37 heavy (non-hydrogen) atoms. The fourth-order valence-electron chi connectivity index (χ4n) is 4.36. The number of hydrogen-bond acceptors (Lipinski definition) is 6. The molecule has 1 amide bonds. The van der Waals surface area contributed by atoms with Gasteiger partial charge in [0.2, 0.25) is 0 Å². The molecule has 1 aliphatic heterocycles. The Kier molecular flexibility index (Phi) is 7.20. The zero-order chi connectivity index (χ0) is 26.8. The molecule has 1 saturated heterocycles. The Labute approximate surface area is 212 Å². The second-order valence-electron chi connectivity index (χ2n) is 8.86. The van der Waals surface area contributed by atoms with Crippen LogP contribution in [0, 0.1) is 6.92 Å². The van der Waals surface area contributed by atoms with Crippen molar-refractivity contribution in [3.05, 3.63) is 83.9 Å². The maximum absolute atomic E-state index is 13.7. The van der Waals surface area contributed by atoms with E-state index in [2.05, 4.69) is 0 Å². The molecule has 0 unspecified atom stereocenters. The lowest BCUT2D eigenvalue weighted by molar-refractivity contribution is -0.137. The maximum Gasteiger partial charge on any atom is 0.416 e. The number of alkyl halides is 3. The van der Waals surface area contributed by atoms with E-state index in [1.807, 2.05) is 36.1 Å². The van der Waals surface area contributed by atoms with Gasteiger partial charge in [0.05, 0.1) is 10.5 Å². The molecular weight excluding hydrogens is 509 g/mol. The van der Waals surface area contributed by atoms with Crippen molar-refractivity contribution in [3.63, 3.8) is 0 Å². The van der Waals surface area contributed by atoms with Gasteiger partial charge in [-0.25, -0.2) is 13.9 Å². The van der Waals surface area contributed by atoms with Crippen molar-refractivity contribution < 1.29 is 36.3 Å². The standard InChI is InChI=1S/C26H25F3N2O5S/c1-18-2-6-20(7-3-18)31-16-14-25(15-17-31,24(32)30-33)37(34,35)23-12-10-22(11-13-23)36-21-8-4-19(5-9-21)26(27,28)29/h2-13,33H,14-17H2,1H3,(H,30,32). The number of ether oxygens (including phenoxy) is 1. The molecule has 3 aromatic carbocycles. The number of anilines is 1. The summed E-state index contributed by atoms with van der Waals surface area (Å²) >= 11 is 0. The number of carbonyl (C=O) groups excluding carboxylic acids is 1. The molecule has 1 aliphatic rings. The molecule has 3 aromatic rings. The summed E-state index contributed by atoms with van der Waals surface area (Å²) in [4.78, 5) is 14.6. The monoisotopic (exact) mass is 534 g/mol. The van der Waals surface area contributed by atoms with E-state index < -0.39 is 32.2 Å². The van der Waals surface area contributed by atoms with Crippen molar-refractivity contribution in [3.8, 4) is 11.5 Å². The van der Waals surface area contributed by atoms with E-state index in [0.717, 1.165) is 35.5 Å². The van der Waals surface area contributed by atoms with E-state index in [1.54, 1.807) is 0 Å². The number of hydroxylamine groups is 1. The molecule has 4 rings (SSSR count). The SMILES string of the molecule is Cc1ccc(N2CCC(C(=O)NO)(S(=O)(=O)c3ccc(Oc4ccc(C(F)(F)F)cc4)cc3)CC2)cc1. The summed E-state index contributed by atoms with van der Waals surface area (Å²) < 4.78 is 69.2. The molecule has 1 heterocycles. The topological polar surface area (TPSA) is 95.9 Å². The smallest absolute Gasteiger partial charge is 0.416 e. The normalized spacial score (nSPS) is 15.8. The molecule has 0 saturated carbocycles. The fraction of sp³-hybridized carbons (Fsp3) is 0.269. The first-order valence-corrected chi connectivity index (χ1v) is 12.9. The minimum atomic E-state index is -4.47. The first-order chi connectivity index (χ1) is 17.5. The predicted molar refractivity (Wildman–Crippen MR) is 130 cm³/mol. The van der Waals surface area contributed by atoms with Gasteiger partial charge in [0.25, 0.3) is 5.91 Å². The van der Waals surface area contributed by atoms with Crippen molar-refractivity contribution in [1.82, 2.24) is 5.48 Å². The Morgan fingerprint density at radius 3 is 1.92 bits per heavy atom. The van der Waals surface area contributed by atoms with Crippen molar-refractivity contribution >= 4 is 21.4 Å². The number of sulfone groups is 1. The maximum atomic E-state index is 13.7. The van der Waals surface area contributed by atoms with Crippen LogP contribution in [0.15, 0.2) is 77.7 Å². The number of halogens is 3. The average Bonchev–Trinajstić information content (AvgIpc) is 2.89. The molecule has 0 spiro atoms. The lowest BCUT2D eigenvalue weighted by Gasteiger charge is -2.40. The van der Waals surface area contributed by atoms with E-state index >= 15 is 0 Å². The van der Waals surface area contributed by atoms with Crippen molar-refractivity contribution in [2.45, 2.75) is 35.6 Å². The van der Waals surface area contributed by atoms with Crippen molar-refractivity contribution in [2.75, 3.05) is 18.0 Å². The molecule has 1 fully saturated rings. The second-order valence-corrected chi connectivity index (χ2v) is 11.1. The van der Waals surface area contributed by atoms with Crippen LogP contribution in [0.2, 0.25) is 0 Å². The Hall–Kier alpha value is -3.57. The Morgan fingerprint density at radius 2 is 1.43 bits per heavy atom. The van der Waals surface area contributed by atoms with E-state index in [4.69, 9.17) is 4.74 Å². The molecule has 0 bridgehead atoms. The summed E-state index contributed by atoms with van der Waals surface area (Å²) in [5.41, 5.74) is 2.71. The number of carbonyl (C=O) groups is 1. The Balaban J connectivity index is 1.53. The van der Waals surface area contributed by atoms with Gasteiger partial charge in [-0.15, -0.1) is 0 Å². The Bertz CT molecular complexity index is 1350. The van der Waals surface area contributed by atoms with E-state index in [0.29, 0.717) is 0 Å². The van der Waals surface area contributed by atoms with Gasteiger partial charge in [0.15, 0.2) is 14.6 Å². The third kappa shape index (κ3) is 5.28. The summed E-state index contributed by atoms with van der Waals surface area (Å²) in [6.07, 6.45) is -4.56. The van der Waals surface area contributed by atoms with Crippen LogP contribution in [0.25, 0.3) is 0 Å². The third-order valence-corrected chi connectivity index (χ3v) is 9.07. The van der Waals surface area contributed by atoms with Crippen LogP contribution in [0.4, 0.5) is 18.9 Å². The molecule has 196 valence electrons. The number of hydrogen-bond donors (Lipinski definition) is 2. The van der Waals surface area contributed by atoms with E-state index in [9.17, 15) is 31.6 Å². The van der Waals surface area contributed by atoms with Crippen LogP contribution in [0.3, 0.4) is 0 Å². The number of aryl methyl sites for hydroxylation is 1. The molecule has 11 heteroatoms. The summed E-state index contributed by atoms with van der Waals surface area (Å²) in [6.45, 7) is 2.53. The largest absolute Gasteiger partial charge is 0.457 e. The van der Waals surface area contributed by atoms with Crippen LogP contribution in [-0.4, -0.2) is 37.4 Å². The highest BCUT2D eigenvalue weighted by atomic mass is 32.2. The van der Waals surface area contributed by atoms with E-state index in [1.165, 1.54) is 29.7 Å². The minimum absolute atomic E-state index is 0.0423. The zero-order valence-electron chi connectivity index (χ0n) is 19.8. The summed E-state index contributed by atoms with van der Waals surface area (Å²) in [5, 5.41) is 9.39.